The minimum Gasteiger partial charge on any atom is -0.376 e. The van der Waals surface area contributed by atoms with E-state index in [0.29, 0.717) is 23.2 Å². The molecule has 2 heterocycles. The molecule has 1 aromatic rings. The van der Waals surface area contributed by atoms with Gasteiger partial charge >= 0.3 is 0 Å². The summed E-state index contributed by atoms with van der Waals surface area (Å²) in [7, 11) is 0. The van der Waals surface area contributed by atoms with Crippen LogP contribution < -0.4 is 5.32 Å². The highest BCUT2D eigenvalue weighted by atomic mass is 79.9. The fourth-order valence-corrected chi connectivity index (χ4v) is 1.94. The summed E-state index contributed by atoms with van der Waals surface area (Å²) in [6.45, 7) is 4.97. The molecule has 1 aliphatic rings. The molecule has 0 aliphatic carbocycles. The lowest BCUT2D eigenvalue weighted by Gasteiger charge is -2.38. The molecule has 1 aromatic heterocycles. The molecule has 0 unspecified atom stereocenters. The van der Waals surface area contributed by atoms with E-state index in [-0.39, 0.29) is 11.4 Å². The number of halogens is 1. The highest BCUT2D eigenvalue weighted by molar-refractivity contribution is 9.10. The molecule has 1 saturated heterocycles. The number of hydrogen-bond donors (Lipinski definition) is 1. The van der Waals surface area contributed by atoms with Gasteiger partial charge < -0.3 is 10.1 Å². The van der Waals surface area contributed by atoms with Gasteiger partial charge in [0.05, 0.1) is 24.3 Å². The first-order chi connectivity index (χ1) is 7.50. The number of carbonyl (C=O) groups is 1. The van der Waals surface area contributed by atoms with E-state index in [9.17, 15) is 4.79 Å². The van der Waals surface area contributed by atoms with Crippen molar-refractivity contribution in [2.24, 2.45) is 0 Å². The Morgan fingerprint density at radius 1 is 1.62 bits per heavy atom. The Labute approximate surface area is 103 Å². The second-order valence-corrected chi connectivity index (χ2v) is 5.17. The van der Waals surface area contributed by atoms with E-state index in [0.717, 1.165) is 5.69 Å². The van der Waals surface area contributed by atoms with Gasteiger partial charge in [0.25, 0.3) is 5.91 Å². The Bertz CT molecular complexity index is 430. The molecule has 1 N–H and O–H groups in total. The molecule has 0 atom stereocenters. The average molecular weight is 285 g/mol. The number of ether oxygens (including phenoxy) is 1. The van der Waals surface area contributed by atoms with Crippen LogP contribution in [-0.4, -0.2) is 29.6 Å². The van der Waals surface area contributed by atoms with Gasteiger partial charge in [0.1, 0.15) is 0 Å². The summed E-state index contributed by atoms with van der Waals surface area (Å²) >= 11 is 3.32. The SMILES string of the molecule is Cc1cc(C(=O)NC2(C)COC2)c(Br)cn1. The van der Waals surface area contributed by atoms with E-state index in [4.69, 9.17) is 4.74 Å². The Morgan fingerprint density at radius 2 is 2.31 bits per heavy atom. The highest BCUT2D eigenvalue weighted by Gasteiger charge is 2.35. The van der Waals surface area contributed by atoms with Crippen molar-refractivity contribution in [3.8, 4) is 0 Å². The summed E-state index contributed by atoms with van der Waals surface area (Å²) in [4.78, 5) is 16.1. The van der Waals surface area contributed by atoms with Crippen LogP contribution in [0.5, 0.6) is 0 Å². The first-order valence-corrected chi connectivity index (χ1v) is 5.82. The zero-order chi connectivity index (χ0) is 11.8. The summed E-state index contributed by atoms with van der Waals surface area (Å²) in [5.41, 5.74) is 1.21. The molecule has 86 valence electrons. The largest absolute Gasteiger partial charge is 0.376 e. The van der Waals surface area contributed by atoms with Gasteiger partial charge in [0.15, 0.2) is 0 Å². The molecule has 1 fully saturated rings. The van der Waals surface area contributed by atoms with Crippen LogP contribution in [0.25, 0.3) is 0 Å². The minimum absolute atomic E-state index is 0.0943. The molecule has 1 aliphatic heterocycles. The highest BCUT2D eigenvalue weighted by Crippen LogP contribution is 2.20. The molecule has 2 rings (SSSR count). The van der Waals surface area contributed by atoms with Crippen LogP contribution >= 0.6 is 15.9 Å². The average Bonchev–Trinajstić information content (AvgIpc) is 2.19. The maximum absolute atomic E-state index is 12.0. The van der Waals surface area contributed by atoms with Crippen molar-refractivity contribution in [3.63, 3.8) is 0 Å². The predicted octanol–water partition coefficient (Wildman–Crippen LogP) is 1.67. The summed E-state index contributed by atoms with van der Waals surface area (Å²) in [6, 6.07) is 1.77. The van der Waals surface area contributed by atoms with Crippen molar-refractivity contribution >= 4 is 21.8 Å². The molecule has 0 bridgehead atoms. The summed E-state index contributed by atoms with van der Waals surface area (Å²) in [5, 5.41) is 2.96. The molecule has 0 saturated carbocycles. The van der Waals surface area contributed by atoms with Crippen molar-refractivity contribution in [3.05, 3.63) is 28.0 Å². The van der Waals surface area contributed by atoms with Crippen LogP contribution in [0.2, 0.25) is 0 Å². The van der Waals surface area contributed by atoms with Crippen LogP contribution in [0.15, 0.2) is 16.7 Å². The van der Waals surface area contributed by atoms with Crippen molar-refractivity contribution in [1.82, 2.24) is 10.3 Å². The number of carbonyl (C=O) groups excluding carboxylic acids is 1. The lowest BCUT2D eigenvalue weighted by Crippen LogP contribution is -2.59. The number of rotatable bonds is 2. The fourth-order valence-electron chi connectivity index (χ4n) is 1.54. The Balaban J connectivity index is 2.17. The lowest BCUT2D eigenvalue weighted by molar-refractivity contribution is -0.0593. The van der Waals surface area contributed by atoms with Gasteiger partial charge in [-0.15, -0.1) is 0 Å². The third-order valence-electron chi connectivity index (χ3n) is 2.49. The van der Waals surface area contributed by atoms with E-state index >= 15 is 0 Å². The van der Waals surface area contributed by atoms with E-state index in [1.165, 1.54) is 0 Å². The Morgan fingerprint density at radius 3 is 2.88 bits per heavy atom. The normalized spacial score (nSPS) is 17.7. The first kappa shape index (κ1) is 11.5. The molecule has 16 heavy (non-hydrogen) atoms. The van der Waals surface area contributed by atoms with E-state index < -0.39 is 0 Å². The van der Waals surface area contributed by atoms with Crippen molar-refractivity contribution in [2.75, 3.05) is 13.2 Å². The quantitative estimate of drug-likeness (QED) is 0.899. The van der Waals surface area contributed by atoms with Gasteiger partial charge in [-0.2, -0.15) is 0 Å². The van der Waals surface area contributed by atoms with E-state index in [1.807, 2.05) is 13.8 Å². The molecule has 5 heteroatoms. The molecular formula is C11H13BrN2O2. The number of hydrogen-bond acceptors (Lipinski definition) is 3. The maximum Gasteiger partial charge on any atom is 0.253 e. The second kappa shape index (κ2) is 4.14. The number of pyridine rings is 1. The zero-order valence-electron chi connectivity index (χ0n) is 9.21. The number of amides is 1. The Kier molecular flexibility index (Phi) is 2.99. The van der Waals surface area contributed by atoms with Crippen molar-refractivity contribution in [1.29, 1.82) is 0 Å². The van der Waals surface area contributed by atoms with Gasteiger partial charge in [-0.3, -0.25) is 9.78 Å². The molecule has 1 amide bonds. The number of aryl methyl sites for hydroxylation is 1. The van der Waals surface area contributed by atoms with Crippen LogP contribution in [0.3, 0.4) is 0 Å². The third kappa shape index (κ3) is 2.25. The first-order valence-electron chi connectivity index (χ1n) is 5.03. The minimum atomic E-state index is -0.228. The summed E-state index contributed by atoms with van der Waals surface area (Å²) in [5.74, 6) is -0.0943. The standard InChI is InChI=1S/C11H13BrN2O2/c1-7-3-8(9(12)4-13-7)10(15)14-11(2)5-16-6-11/h3-4H,5-6H2,1-2H3,(H,14,15). The smallest absolute Gasteiger partial charge is 0.253 e. The van der Waals surface area contributed by atoms with Gasteiger partial charge in [-0.05, 0) is 35.8 Å². The maximum atomic E-state index is 12.0. The number of nitrogens with one attached hydrogen (secondary N) is 1. The zero-order valence-corrected chi connectivity index (χ0v) is 10.8. The van der Waals surface area contributed by atoms with Crippen molar-refractivity contribution < 1.29 is 9.53 Å². The van der Waals surface area contributed by atoms with Gasteiger partial charge in [-0.1, -0.05) is 0 Å². The molecule has 0 radical (unpaired) electrons. The summed E-state index contributed by atoms with van der Waals surface area (Å²) in [6.07, 6.45) is 1.64. The van der Waals surface area contributed by atoms with Crippen molar-refractivity contribution in [2.45, 2.75) is 19.4 Å². The molecule has 0 aromatic carbocycles. The summed E-state index contributed by atoms with van der Waals surface area (Å²) < 4.78 is 5.80. The second-order valence-electron chi connectivity index (χ2n) is 4.31. The van der Waals surface area contributed by atoms with Crippen LogP contribution in [-0.2, 0) is 4.74 Å². The third-order valence-corrected chi connectivity index (χ3v) is 3.13. The van der Waals surface area contributed by atoms with Crippen LogP contribution in [0, 0.1) is 6.92 Å². The monoisotopic (exact) mass is 284 g/mol. The molecular weight excluding hydrogens is 272 g/mol. The molecule has 4 nitrogen and oxygen atoms in total. The topological polar surface area (TPSA) is 51.2 Å². The van der Waals surface area contributed by atoms with E-state index in [2.05, 4.69) is 26.2 Å². The van der Waals surface area contributed by atoms with Crippen LogP contribution in [0.4, 0.5) is 0 Å². The Hall–Kier alpha value is -0.940. The van der Waals surface area contributed by atoms with Crippen LogP contribution in [0.1, 0.15) is 23.0 Å². The van der Waals surface area contributed by atoms with E-state index in [1.54, 1.807) is 12.3 Å². The predicted molar refractivity (Wildman–Crippen MR) is 63.4 cm³/mol. The fraction of sp³-hybridized carbons (Fsp3) is 0.455. The lowest BCUT2D eigenvalue weighted by atomic mass is 10.00. The van der Waals surface area contributed by atoms with Gasteiger partial charge in [-0.25, -0.2) is 0 Å². The number of aromatic nitrogens is 1. The number of nitrogens with zero attached hydrogens (tertiary/aromatic N) is 1. The van der Waals surface area contributed by atoms with Gasteiger partial charge in [0, 0.05) is 16.4 Å². The van der Waals surface area contributed by atoms with Gasteiger partial charge in [0.2, 0.25) is 0 Å². The molecule has 0 spiro atoms.